The third kappa shape index (κ3) is 5.96. The van der Waals surface area contributed by atoms with Gasteiger partial charge in [0.25, 0.3) is 5.69 Å². The van der Waals surface area contributed by atoms with E-state index in [0.717, 1.165) is 19.3 Å². The van der Waals surface area contributed by atoms with Crippen LogP contribution in [-0.4, -0.2) is 16.6 Å². The predicted molar refractivity (Wildman–Crippen MR) is 97.1 cm³/mol. The summed E-state index contributed by atoms with van der Waals surface area (Å²) in [6.07, 6.45) is 2.49. The summed E-state index contributed by atoms with van der Waals surface area (Å²) in [6, 6.07) is 5.59. The molecule has 1 amide bonds. The summed E-state index contributed by atoms with van der Waals surface area (Å²) in [5, 5.41) is 14.1. The van der Waals surface area contributed by atoms with Gasteiger partial charge in [-0.3, -0.25) is 19.7 Å². The molecule has 2 unspecified atom stereocenters. The number of nitrogens with one attached hydrogen (secondary N) is 1. The Balaban J connectivity index is 3.15. The number of hydrogen-bond acceptors (Lipinski definition) is 4. The van der Waals surface area contributed by atoms with Crippen LogP contribution in [-0.2, 0) is 9.59 Å². The summed E-state index contributed by atoms with van der Waals surface area (Å²) >= 11 is 0. The molecular weight excluding hydrogens is 320 g/mol. The summed E-state index contributed by atoms with van der Waals surface area (Å²) in [5.41, 5.74) is 0.300. The fraction of sp³-hybridized carbons (Fsp3) is 0.579. The van der Waals surface area contributed by atoms with Gasteiger partial charge in [-0.1, -0.05) is 52.3 Å². The normalized spacial score (nSPS) is 13.3. The molecule has 138 valence electrons. The molecular formula is C19H28N2O4. The highest BCUT2D eigenvalue weighted by Gasteiger charge is 2.28. The molecule has 0 aromatic heterocycles. The van der Waals surface area contributed by atoms with Gasteiger partial charge in [-0.25, -0.2) is 0 Å². The van der Waals surface area contributed by atoms with Crippen LogP contribution in [0.1, 0.15) is 65.0 Å². The van der Waals surface area contributed by atoms with E-state index in [1.165, 1.54) is 6.07 Å². The highest BCUT2D eigenvalue weighted by atomic mass is 16.6. The maximum absolute atomic E-state index is 12.7. The number of amides is 1. The Kier molecular flexibility index (Phi) is 8.25. The molecule has 0 aliphatic carbocycles. The zero-order valence-corrected chi connectivity index (χ0v) is 15.5. The number of nitro benzene ring substituents is 1. The number of carbonyl (C=O) groups excluding carboxylic acids is 2. The van der Waals surface area contributed by atoms with E-state index in [0.29, 0.717) is 5.56 Å². The second kappa shape index (κ2) is 9.91. The average molecular weight is 348 g/mol. The van der Waals surface area contributed by atoms with E-state index in [4.69, 9.17) is 0 Å². The van der Waals surface area contributed by atoms with Gasteiger partial charge in [-0.15, -0.1) is 0 Å². The minimum absolute atomic E-state index is 0.0385. The quantitative estimate of drug-likeness (QED) is 0.507. The molecule has 0 aliphatic heterocycles. The third-order valence-corrected chi connectivity index (χ3v) is 4.34. The first-order valence-electron chi connectivity index (χ1n) is 8.88. The Morgan fingerprint density at radius 1 is 1.20 bits per heavy atom. The number of nitrogens with zero attached hydrogens (tertiary/aromatic N) is 1. The van der Waals surface area contributed by atoms with Gasteiger partial charge in [-0.05, 0) is 12.8 Å². The lowest BCUT2D eigenvalue weighted by atomic mass is 9.89. The number of benzene rings is 1. The van der Waals surface area contributed by atoms with Crippen molar-refractivity contribution in [3.63, 3.8) is 0 Å². The lowest BCUT2D eigenvalue weighted by Crippen LogP contribution is -2.34. The van der Waals surface area contributed by atoms with Gasteiger partial charge in [0.15, 0.2) is 0 Å². The minimum Gasteiger partial charge on any atom is -0.348 e. The molecule has 0 saturated heterocycles. The van der Waals surface area contributed by atoms with Gasteiger partial charge >= 0.3 is 0 Å². The number of hydrogen-bond donors (Lipinski definition) is 1. The Labute approximate surface area is 149 Å². The molecule has 1 rings (SSSR count). The summed E-state index contributed by atoms with van der Waals surface area (Å²) in [5.74, 6) is -0.528. The SMILES string of the molecule is CCCC(CC)C(=O)CC(NC(=O)C(C)C)c1ccccc1[N+](=O)[O-]. The molecule has 0 bridgehead atoms. The first kappa shape index (κ1) is 20.8. The van der Waals surface area contributed by atoms with E-state index in [1.807, 2.05) is 13.8 Å². The van der Waals surface area contributed by atoms with Crippen molar-refractivity contribution in [2.45, 2.75) is 59.4 Å². The van der Waals surface area contributed by atoms with Crippen LogP contribution in [0.2, 0.25) is 0 Å². The summed E-state index contributed by atoms with van der Waals surface area (Å²) in [7, 11) is 0. The molecule has 6 heteroatoms. The van der Waals surface area contributed by atoms with Gasteiger partial charge in [0.1, 0.15) is 5.78 Å². The monoisotopic (exact) mass is 348 g/mol. The molecule has 0 fully saturated rings. The highest BCUT2D eigenvalue weighted by Crippen LogP contribution is 2.29. The number of nitro groups is 1. The van der Waals surface area contributed by atoms with Crippen molar-refractivity contribution in [2.75, 3.05) is 0 Å². The van der Waals surface area contributed by atoms with Crippen molar-refractivity contribution < 1.29 is 14.5 Å². The Bertz CT molecular complexity index is 613. The number of carbonyl (C=O) groups is 2. The number of rotatable bonds is 10. The lowest BCUT2D eigenvalue weighted by Gasteiger charge is -2.22. The molecule has 0 spiro atoms. The van der Waals surface area contributed by atoms with Crippen molar-refractivity contribution in [1.82, 2.24) is 5.32 Å². The molecule has 0 radical (unpaired) electrons. The van der Waals surface area contributed by atoms with Crippen molar-refractivity contribution >= 4 is 17.4 Å². The van der Waals surface area contributed by atoms with Crippen LogP contribution in [0.15, 0.2) is 24.3 Å². The van der Waals surface area contributed by atoms with Crippen LogP contribution in [0.4, 0.5) is 5.69 Å². The van der Waals surface area contributed by atoms with Crippen molar-refractivity contribution in [3.05, 3.63) is 39.9 Å². The lowest BCUT2D eigenvalue weighted by molar-refractivity contribution is -0.385. The topological polar surface area (TPSA) is 89.3 Å². The minimum atomic E-state index is -0.685. The maximum atomic E-state index is 12.7. The second-order valence-electron chi connectivity index (χ2n) is 6.60. The Morgan fingerprint density at radius 3 is 2.36 bits per heavy atom. The van der Waals surface area contributed by atoms with E-state index in [2.05, 4.69) is 5.32 Å². The number of Topliss-reactive ketones (excluding diaryl/α,β-unsaturated/α-hetero) is 1. The number of ketones is 1. The molecule has 0 heterocycles. The van der Waals surface area contributed by atoms with Gasteiger partial charge in [0.2, 0.25) is 5.91 Å². The van der Waals surface area contributed by atoms with E-state index >= 15 is 0 Å². The van der Waals surface area contributed by atoms with Crippen molar-refractivity contribution in [1.29, 1.82) is 0 Å². The average Bonchev–Trinajstić information content (AvgIpc) is 2.58. The first-order chi connectivity index (χ1) is 11.8. The third-order valence-electron chi connectivity index (χ3n) is 4.34. The van der Waals surface area contributed by atoms with Crippen LogP contribution in [0.25, 0.3) is 0 Å². The molecule has 1 N–H and O–H groups in total. The standard InChI is InChI=1S/C19H28N2O4/c1-5-9-14(6-2)18(22)12-16(20-19(23)13(3)4)15-10-7-8-11-17(15)21(24)25/h7-8,10-11,13-14,16H,5-6,9,12H2,1-4H3,(H,20,23). The Morgan fingerprint density at radius 2 is 1.84 bits per heavy atom. The Hall–Kier alpha value is -2.24. The van der Waals surface area contributed by atoms with Gasteiger partial charge in [-0.2, -0.15) is 0 Å². The van der Waals surface area contributed by atoms with Crippen molar-refractivity contribution in [2.24, 2.45) is 11.8 Å². The summed E-state index contributed by atoms with van der Waals surface area (Å²) in [6.45, 7) is 7.49. The smallest absolute Gasteiger partial charge is 0.274 e. The van der Waals surface area contributed by atoms with Gasteiger partial charge < -0.3 is 5.32 Å². The zero-order chi connectivity index (χ0) is 19.0. The summed E-state index contributed by atoms with van der Waals surface area (Å²) in [4.78, 5) is 35.7. The van der Waals surface area contributed by atoms with E-state index < -0.39 is 11.0 Å². The largest absolute Gasteiger partial charge is 0.348 e. The maximum Gasteiger partial charge on any atom is 0.274 e. The van der Waals surface area contributed by atoms with Crippen LogP contribution < -0.4 is 5.32 Å². The van der Waals surface area contributed by atoms with E-state index in [-0.39, 0.29) is 35.6 Å². The second-order valence-corrected chi connectivity index (χ2v) is 6.60. The fourth-order valence-electron chi connectivity index (χ4n) is 2.83. The van der Waals surface area contributed by atoms with Crippen LogP contribution in [0.3, 0.4) is 0 Å². The fourth-order valence-corrected chi connectivity index (χ4v) is 2.83. The molecule has 0 saturated carbocycles. The summed E-state index contributed by atoms with van der Waals surface area (Å²) < 4.78 is 0. The zero-order valence-electron chi connectivity index (χ0n) is 15.5. The molecule has 2 atom stereocenters. The predicted octanol–water partition coefficient (Wildman–Crippen LogP) is 4.19. The van der Waals surface area contributed by atoms with E-state index in [9.17, 15) is 19.7 Å². The molecule has 6 nitrogen and oxygen atoms in total. The number of para-hydroxylation sites is 1. The van der Waals surface area contributed by atoms with Crippen LogP contribution >= 0.6 is 0 Å². The highest BCUT2D eigenvalue weighted by molar-refractivity contribution is 5.84. The van der Waals surface area contributed by atoms with Crippen LogP contribution in [0.5, 0.6) is 0 Å². The first-order valence-corrected chi connectivity index (χ1v) is 8.88. The van der Waals surface area contributed by atoms with Crippen molar-refractivity contribution in [3.8, 4) is 0 Å². The van der Waals surface area contributed by atoms with Gasteiger partial charge in [0, 0.05) is 24.3 Å². The molecule has 0 aliphatic rings. The molecule has 1 aromatic carbocycles. The molecule has 1 aromatic rings. The molecule has 25 heavy (non-hydrogen) atoms. The van der Waals surface area contributed by atoms with Crippen LogP contribution in [0, 0.1) is 22.0 Å². The van der Waals surface area contributed by atoms with E-state index in [1.54, 1.807) is 32.0 Å². The van der Waals surface area contributed by atoms with Gasteiger partial charge in [0.05, 0.1) is 16.5 Å².